The first-order chi connectivity index (χ1) is 14.9. The molecule has 2 aliphatic carbocycles. The third kappa shape index (κ3) is 3.11. The Kier molecular flexibility index (Phi) is 4.77. The van der Waals surface area contributed by atoms with Gasteiger partial charge >= 0.3 is 11.4 Å². The average Bonchev–Trinajstić information content (AvgIpc) is 2.79. The molecular weight excluding hydrogens is 396 g/mol. The predicted octanol–water partition coefficient (Wildman–Crippen LogP) is 1.73. The Morgan fingerprint density at radius 3 is 2.48 bits per heavy atom. The van der Waals surface area contributed by atoms with E-state index in [-0.39, 0.29) is 29.3 Å². The van der Waals surface area contributed by atoms with Crippen molar-refractivity contribution >= 4 is 28.9 Å². The lowest BCUT2D eigenvalue weighted by Crippen LogP contribution is -2.51. The second-order valence-electron chi connectivity index (χ2n) is 7.13. The number of hydrogen-bond acceptors (Lipinski definition) is 4. The minimum absolute atomic E-state index is 0.0658. The molecule has 1 unspecified atom stereocenters. The van der Waals surface area contributed by atoms with Crippen molar-refractivity contribution in [2.24, 2.45) is 5.73 Å². The first-order valence-electron chi connectivity index (χ1n) is 9.31. The van der Waals surface area contributed by atoms with Crippen LogP contribution in [0.15, 0.2) is 60.7 Å². The molecule has 0 aromatic heterocycles. The van der Waals surface area contributed by atoms with Gasteiger partial charge in [0.1, 0.15) is 0 Å². The molecule has 0 saturated heterocycles. The smallest absolute Gasteiger partial charge is 0.337 e. The molecule has 9 nitrogen and oxygen atoms in total. The van der Waals surface area contributed by atoms with E-state index in [0.29, 0.717) is 27.1 Å². The maximum absolute atomic E-state index is 11.0. The van der Waals surface area contributed by atoms with Crippen molar-refractivity contribution in [3.63, 3.8) is 0 Å². The van der Waals surface area contributed by atoms with E-state index in [1.807, 2.05) is 0 Å². The van der Waals surface area contributed by atoms with Crippen molar-refractivity contribution < 1.29 is 19.6 Å². The van der Waals surface area contributed by atoms with Crippen LogP contribution < -0.4 is 16.2 Å². The monoisotopic (exact) mass is 412 g/mol. The zero-order valence-corrected chi connectivity index (χ0v) is 16.1. The number of allylic oxidation sites excluding steroid dienone is 2. The second-order valence-corrected chi connectivity index (χ2v) is 7.13. The van der Waals surface area contributed by atoms with Crippen LogP contribution in [-0.2, 0) is 5.54 Å². The summed E-state index contributed by atoms with van der Waals surface area (Å²) < 4.78 is 0. The summed E-state index contributed by atoms with van der Waals surface area (Å²) in [5.74, 6) is -0.246. The topological polar surface area (TPSA) is 162 Å². The molecule has 0 aliphatic heterocycles. The predicted molar refractivity (Wildman–Crippen MR) is 114 cm³/mol. The molecule has 2 aromatic rings. The number of nitrogens with two attached hydrogens (primary N) is 1. The van der Waals surface area contributed by atoms with Gasteiger partial charge in [0, 0.05) is 29.0 Å². The molecule has 152 valence electrons. The summed E-state index contributed by atoms with van der Waals surface area (Å²) in [7, 11) is 0. The second kappa shape index (κ2) is 7.44. The highest BCUT2D eigenvalue weighted by Gasteiger charge is 2.42. The van der Waals surface area contributed by atoms with E-state index in [0.717, 1.165) is 0 Å². The van der Waals surface area contributed by atoms with E-state index in [1.54, 1.807) is 54.6 Å². The highest BCUT2D eigenvalue weighted by molar-refractivity contribution is 6.15. The lowest BCUT2D eigenvalue weighted by atomic mass is 9.77. The lowest BCUT2D eigenvalue weighted by molar-refractivity contribution is -0.384. The number of rotatable bonds is 3. The normalized spacial score (nSPS) is 19.3. The van der Waals surface area contributed by atoms with Crippen LogP contribution in [0.25, 0.3) is 34.0 Å². The highest BCUT2D eigenvalue weighted by atomic mass is 16.6. The molecule has 1 atom stereocenters. The molecule has 9 heteroatoms. The van der Waals surface area contributed by atoms with E-state index in [9.17, 15) is 26.3 Å². The molecule has 31 heavy (non-hydrogen) atoms. The first kappa shape index (κ1) is 19.9. The van der Waals surface area contributed by atoms with Gasteiger partial charge in [-0.25, -0.2) is 0 Å². The summed E-state index contributed by atoms with van der Waals surface area (Å²) in [6.07, 6.45) is 8.54. The van der Waals surface area contributed by atoms with Crippen LogP contribution in [0.5, 0.6) is 0 Å². The molecule has 0 amide bonds. The molecule has 3 N–H and O–H groups in total. The van der Waals surface area contributed by atoms with Crippen LogP contribution in [-0.4, -0.2) is 31.0 Å². The Hall–Kier alpha value is -4.42. The number of hydrogen-bond donors (Lipinski definition) is 2. The van der Waals surface area contributed by atoms with Gasteiger partial charge in [0.2, 0.25) is 5.76 Å². The van der Waals surface area contributed by atoms with E-state index < -0.39 is 10.5 Å². The molecular formula is C22H16N6O3. The standard InChI is InChI=1S/C22H16N6O3/c23-22(12-2-1-3-18(22)27-25)20-16(13-4-8-15(9-5-13)28(30)31)10-6-14-7-11-17(26-24)21(29)19(14)20/h1-10,12,29H,11,23H2. The Morgan fingerprint density at radius 2 is 1.84 bits per heavy atom. The van der Waals surface area contributed by atoms with Crippen LogP contribution in [0.3, 0.4) is 0 Å². The zero-order chi connectivity index (χ0) is 22.2. The first-order valence-corrected chi connectivity index (χ1v) is 9.31. The maximum Gasteiger partial charge on any atom is 0.337 e. The number of fused-ring (bicyclic) bond motifs is 1. The number of benzene rings is 2. The minimum Gasteiger partial charge on any atom is -0.501 e. The number of nitro groups is 1. The fraction of sp³-hybridized carbons (Fsp3) is 0.0909. The fourth-order valence-electron chi connectivity index (χ4n) is 3.92. The summed E-state index contributed by atoms with van der Waals surface area (Å²) in [4.78, 5) is 17.1. The summed E-state index contributed by atoms with van der Waals surface area (Å²) in [5, 5.41) is 23.0. The maximum atomic E-state index is 11.0. The van der Waals surface area contributed by atoms with Crippen LogP contribution in [0, 0.1) is 10.1 Å². The summed E-state index contributed by atoms with van der Waals surface area (Å²) in [6, 6.07) is 9.47. The van der Waals surface area contributed by atoms with Gasteiger partial charge in [-0.1, -0.05) is 30.4 Å². The van der Waals surface area contributed by atoms with Gasteiger partial charge in [-0.2, -0.15) is 9.58 Å². The third-order valence-electron chi connectivity index (χ3n) is 5.44. The van der Waals surface area contributed by atoms with Crippen molar-refractivity contribution in [2.75, 3.05) is 0 Å². The third-order valence-corrected chi connectivity index (χ3v) is 5.44. The van der Waals surface area contributed by atoms with Gasteiger partial charge in [-0.15, -0.1) is 0 Å². The highest BCUT2D eigenvalue weighted by Crippen LogP contribution is 2.32. The number of aliphatic hydroxyl groups excluding tert-OH is 1. The van der Waals surface area contributed by atoms with Gasteiger partial charge in [0.05, 0.1) is 11.3 Å². The molecule has 0 spiro atoms. The van der Waals surface area contributed by atoms with Gasteiger partial charge in [0.25, 0.3) is 5.69 Å². The van der Waals surface area contributed by atoms with Crippen molar-refractivity contribution in [1.29, 1.82) is 0 Å². The Labute approximate surface area is 175 Å². The zero-order valence-electron chi connectivity index (χ0n) is 16.1. The molecule has 2 aromatic carbocycles. The average molecular weight is 412 g/mol. The molecule has 0 radical (unpaired) electrons. The fourth-order valence-corrected chi connectivity index (χ4v) is 3.92. The molecule has 0 heterocycles. The van der Waals surface area contributed by atoms with Gasteiger partial charge in [0.15, 0.2) is 5.54 Å². The lowest BCUT2D eigenvalue weighted by Gasteiger charge is -2.27. The quantitative estimate of drug-likeness (QED) is 0.340. The number of aliphatic hydroxyl groups is 1. The largest absolute Gasteiger partial charge is 0.501 e. The van der Waals surface area contributed by atoms with Crippen LogP contribution >= 0.6 is 0 Å². The number of non-ortho nitro benzene ring substituents is 1. The number of nitrogens with zero attached hydrogens (tertiary/aromatic N) is 5. The Balaban J connectivity index is 2.15. The van der Waals surface area contributed by atoms with Crippen LogP contribution in [0.1, 0.15) is 12.0 Å². The summed E-state index contributed by atoms with van der Waals surface area (Å²) in [6.45, 7) is 0. The Bertz CT molecular complexity index is 1410. The number of nitro benzene ring substituents is 1. The van der Waals surface area contributed by atoms with E-state index in [1.165, 1.54) is 12.1 Å². The van der Waals surface area contributed by atoms with Gasteiger partial charge in [-0.05, 0) is 34.6 Å². The molecule has 0 fully saturated rings. The van der Waals surface area contributed by atoms with Crippen LogP contribution in [0.4, 0.5) is 5.69 Å². The van der Waals surface area contributed by atoms with Crippen molar-refractivity contribution in [3.8, 4) is 11.1 Å². The summed E-state index contributed by atoms with van der Waals surface area (Å²) in [5.41, 5.74) is 26.0. The minimum atomic E-state index is -1.44. The van der Waals surface area contributed by atoms with Crippen molar-refractivity contribution in [2.45, 2.75) is 12.0 Å². The van der Waals surface area contributed by atoms with Crippen LogP contribution in [0.2, 0.25) is 0 Å². The molecule has 2 aliphatic rings. The molecule has 4 rings (SSSR count). The van der Waals surface area contributed by atoms with E-state index in [4.69, 9.17) is 5.73 Å². The Morgan fingerprint density at radius 1 is 1.10 bits per heavy atom. The van der Waals surface area contributed by atoms with Gasteiger partial charge < -0.3 is 21.9 Å². The van der Waals surface area contributed by atoms with E-state index in [2.05, 4.69) is 9.58 Å². The molecule has 0 bridgehead atoms. The van der Waals surface area contributed by atoms with Gasteiger partial charge in [-0.3, -0.25) is 10.1 Å². The SMILES string of the molecule is [N-]=[N+]=C1CC=c2ccc(-c3ccc([N+](=O)[O-])cc3)c(C3(N)C=CC=CC3=[N+]=[N-])c2=C1O. The molecule has 0 saturated carbocycles. The van der Waals surface area contributed by atoms with E-state index >= 15 is 0 Å². The van der Waals surface area contributed by atoms with Crippen molar-refractivity contribution in [1.82, 2.24) is 0 Å². The van der Waals surface area contributed by atoms with Crippen molar-refractivity contribution in [3.05, 3.63) is 97.9 Å². The summed E-state index contributed by atoms with van der Waals surface area (Å²) >= 11 is 0.